The van der Waals surface area contributed by atoms with Gasteiger partial charge in [0.1, 0.15) is 5.69 Å². The summed E-state index contributed by atoms with van der Waals surface area (Å²) in [6, 6.07) is 16.9. The summed E-state index contributed by atoms with van der Waals surface area (Å²) in [6.45, 7) is 0. The van der Waals surface area contributed by atoms with E-state index in [0.717, 1.165) is 10.9 Å². The van der Waals surface area contributed by atoms with Crippen LogP contribution in [0.2, 0.25) is 0 Å². The molecule has 0 aliphatic rings. The number of carbonyl (C=O) groups is 2. The van der Waals surface area contributed by atoms with Crippen LogP contribution in [0.1, 0.15) is 16.9 Å². The molecule has 2 aromatic carbocycles. The van der Waals surface area contributed by atoms with Gasteiger partial charge in [-0.15, -0.1) is 0 Å². The minimum atomic E-state index is -1.00. The van der Waals surface area contributed by atoms with Crippen molar-refractivity contribution in [3.05, 3.63) is 60.3 Å². The van der Waals surface area contributed by atoms with Gasteiger partial charge in [-0.05, 0) is 36.4 Å². The van der Waals surface area contributed by atoms with E-state index in [9.17, 15) is 9.59 Å². The van der Waals surface area contributed by atoms with Gasteiger partial charge in [0.25, 0.3) is 0 Å². The molecule has 7 heteroatoms. The zero-order valence-electron chi connectivity index (χ0n) is 13.2. The first-order chi connectivity index (χ1) is 12.1. The quantitative estimate of drug-likeness (QED) is 0.416. The molecule has 1 heterocycles. The molecule has 0 unspecified atom stereocenters. The summed E-state index contributed by atoms with van der Waals surface area (Å²) in [7, 11) is 3.29. The van der Waals surface area contributed by atoms with Crippen molar-refractivity contribution in [3.63, 3.8) is 0 Å². The average Bonchev–Trinajstić information content (AvgIpc) is 3.03. The highest BCUT2D eigenvalue weighted by Crippen LogP contribution is 2.31. The molecule has 0 bridgehead atoms. The fourth-order valence-corrected chi connectivity index (χ4v) is 4.27. The number of H-pyrrole nitrogens is 1. The Kier molecular flexibility index (Phi) is 5.67. The van der Waals surface area contributed by atoms with E-state index in [1.807, 2.05) is 30.3 Å². The van der Waals surface area contributed by atoms with E-state index >= 15 is 0 Å². The summed E-state index contributed by atoms with van der Waals surface area (Å²) in [5.74, 6) is -0.356. The minimum Gasteiger partial charge on any atom is -0.477 e. The summed E-state index contributed by atoms with van der Waals surface area (Å²) in [5.41, 5.74) is 1.52. The molecule has 0 saturated heterocycles. The number of carboxylic acids is 1. The smallest absolute Gasteiger partial charge is 0.352 e. The number of carboxylic acid groups (broad SMARTS) is 1. The molecule has 3 aromatic rings. The van der Waals surface area contributed by atoms with Crippen LogP contribution in [0.5, 0.6) is 0 Å². The Balaban J connectivity index is 1.50. The molecule has 0 atom stereocenters. The molecule has 0 fully saturated rings. The normalized spacial score (nSPS) is 10.7. The first kappa shape index (κ1) is 17.4. The number of nitrogens with one attached hydrogen (secondary N) is 2. The van der Waals surface area contributed by atoms with Crippen molar-refractivity contribution in [3.8, 4) is 0 Å². The molecule has 25 heavy (non-hydrogen) atoms. The number of aromatic nitrogens is 1. The fourth-order valence-electron chi connectivity index (χ4n) is 2.27. The van der Waals surface area contributed by atoms with Crippen LogP contribution >= 0.6 is 21.6 Å². The molecule has 0 radical (unpaired) electrons. The van der Waals surface area contributed by atoms with E-state index < -0.39 is 5.97 Å². The van der Waals surface area contributed by atoms with E-state index in [1.165, 1.54) is 4.90 Å². The number of hydrogen-bond acceptors (Lipinski definition) is 4. The number of carbonyl (C=O) groups excluding carboxylic acids is 1. The largest absolute Gasteiger partial charge is 0.477 e. The van der Waals surface area contributed by atoms with Gasteiger partial charge in [0.15, 0.2) is 0 Å². The zero-order valence-corrected chi connectivity index (χ0v) is 14.8. The molecule has 0 saturated carbocycles. The number of rotatable bonds is 7. The molecule has 0 spiro atoms. The lowest BCUT2D eigenvalue weighted by molar-refractivity contribution is -0.115. The number of anilines is 1. The predicted molar refractivity (Wildman–Crippen MR) is 103 cm³/mol. The van der Waals surface area contributed by atoms with Crippen LogP contribution < -0.4 is 5.32 Å². The lowest BCUT2D eigenvalue weighted by Gasteiger charge is -2.05. The van der Waals surface area contributed by atoms with Gasteiger partial charge >= 0.3 is 5.97 Å². The van der Waals surface area contributed by atoms with Crippen LogP contribution in [0.15, 0.2) is 59.5 Å². The highest BCUT2D eigenvalue weighted by molar-refractivity contribution is 8.76. The van der Waals surface area contributed by atoms with Gasteiger partial charge < -0.3 is 15.4 Å². The first-order valence-corrected chi connectivity index (χ1v) is 9.94. The number of aromatic carboxylic acids is 1. The van der Waals surface area contributed by atoms with Crippen LogP contribution in [-0.4, -0.2) is 27.7 Å². The van der Waals surface area contributed by atoms with Crippen molar-refractivity contribution in [2.75, 3.05) is 11.1 Å². The lowest BCUT2D eigenvalue weighted by atomic mass is 10.2. The molecule has 1 amide bonds. The molecular formula is C18H16N2O3S2. The van der Waals surface area contributed by atoms with Gasteiger partial charge in [0.2, 0.25) is 5.91 Å². The van der Waals surface area contributed by atoms with Crippen LogP contribution in [0.4, 0.5) is 5.69 Å². The maximum atomic E-state index is 12.0. The third-order valence-electron chi connectivity index (χ3n) is 3.45. The van der Waals surface area contributed by atoms with Gasteiger partial charge in [0.05, 0.1) is 0 Å². The van der Waals surface area contributed by atoms with Gasteiger partial charge in [-0.3, -0.25) is 4.79 Å². The van der Waals surface area contributed by atoms with Crippen LogP contribution in [-0.2, 0) is 4.79 Å². The maximum absolute atomic E-state index is 12.0. The molecule has 1 aromatic heterocycles. The molecular weight excluding hydrogens is 356 g/mol. The lowest BCUT2D eigenvalue weighted by Crippen LogP contribution is -2.11. The molecule has 5 nitrogen and oxygen atoms in total. The Morgan fingerprint density at radius 3 is 2.64 bits per heavy atom. The van der Waals surface area contributed by atoms with E-state index in [-0.39, 0.29) is 11.6 Å². The second kappa shape index (κ2) is 8.13. The maximum Gasteiger partial charge on any atom is 0.352 e. The van der Waals surface area contributed by atoms with E-state index in [4.69, 9.17) is 5.11 Å². The van der Waals surface area contributed by atoms with Gasteiger partial charge in [0, 0.05) is 33.7 Å². The van der Waals surface area contributed by atoms with Crippen LogP contribution in [0.3, 0.4) is 0 Å². The molecule has 3 rings (SSSR count). The van der Waals surface area contributed by atoms with E-state index in [2.05, 4.69) is 10.3 Å². The van der Waals surface area contributed by atoms with Crippen LogP contribution in [0, 0.1) is 0 Å². The second-order valence-electron chi connectivity index (χ2n) is 5.31. The van der Waals surface area contributed by atoms with Crippen molar-refractivity contribution in [1.82, 2.24) is 4.98 Å². The Bertz CT molecular complexity index is 894. The summed E-state index contributed by atoms with van der Waals surface area (Å²) in [6.07, 6.45) is 0.413. The Morgan fingerprint density at radius 2 is 1.88 bits per heavy atom. The third kappa shape index (κ3) is 4.80. The van der Waals surface area contributed by atoms with E-state index in [0.29, 0.717) is 17.9 Å². The monoisotopic (exact) mass is 372 g/mol. The number of hydrogen-bond donors (Lipinski definition) is 3. The minimum absolute atomic E-state index is 0.0606. The number of benzene rings is 2. The summed E-state index contributed by atoms with van der Waals surface area (Å²) in [4.78, 5) is 27.0. The number of amides is 1. The van der Waals surface area contributed by atoms with Crippen molar-refractivity contribution in [2.45, 2.75) is 11.3 Å². The standard InChI is InChI=1S/C18H16N2O3S2/c21-17(8-9-24-25-14-4-2-1-3-5-14)19-13-6-7-15-12(10-13)11-16(20-15)18(22)23/h1-7,10-11,20H,8-9H2,(H,19,21)(H,22,23). The highest BCUT2D eigenvalue weighted by Gasteiger charge is 2.09. The SMILES string of the molecule is O=C(CCSSc1ccccc1)Nc1ccc2[nH]c(C(=O)O)cc2c1. The predicted octanol–water partition coefficient (Wildman–Crippen LogP) is 4.64. The Labute approximate surface area is 152 Å². The first-order valence-electron chi connectivity index (χ1n) is 7.62. The van der Waals surface area contributed by atoms with Gasteiger partial charge in [-0.25, -0.2) is 4.79 Å². The topological polar surface area (TPSA) is 82.2 Å². The summed E-state index contributed by atoms with van der Waals surface area (Å²) >= 11 is 0. The van der Waals surface area contributed by atoms with Crippen molar-refractivity contribution < 1.29 is 14.7 Å². The molecule has 0 aliphatic heterocycles. The number of aromatic amines is 1. The average molecular weight is 372 g/mol. The Hall–Kier alpha value is -2.38. The second-order valence-corrected chi connectivity index (χ2v) is 7.80. The zero-order chi connectivity index (χ0) is 17.6. The van der Waals surface area contributed by atoms with Crippen LogP contribution in [0.25, 0.3) is 10.9 Å². The number of fused-ring (bicyclic) bond motifs is 1. The van der Waals surface area contributed by atoms with Crippen molar-refractivity contribution in [2.24, 2.45) is 0 Å². The summed E-state index contributed by atoms with van der Waals surface area (Å²) in [5, 5.41) is 12.6. The fraction of sp³-hybridized carbons (Fsp3) is 0.111. The molecule has 3 N–H and O–H groups in total. The van der Waals surface area contributed by atoms with Gasteiger partial charge in [-0.1, -0.05) is 39.8 Å². The van der Waals surface area contributed by atoms with E-state index in [1.54, 1.807) is 45.9 Å². The molecule has 128 valence electrons. The van der Waals surface area contributed by atoms with Crippen molar-refractivity contribution in [1.29, 1.82) is 0 Å². The summed E-state index contributed by atoms with van der Waals surface area (Å²) < 4.78 is 0. The Morgan fingerprint density at radius 1 is 1.08 bits per heavy atom. The third-order valence-corrected chi connectivity index (χ3v) is 5.83. The van der Waals surface area contributed by atoms with Gasteiger partial charge in [-0.2, -0.15) is 0 Å². The van der Waals surface area contributed by atoms with Crippen molar-refractivity contribution >= 4 is 50.1 Å². The highest BCUT2D eigenvalue weighted by atomic mass is 33.1. The molecule has 0 aliphatic carbocycles.